The van der Waals surface area contributed by atoms with Gasteiger partial charge in [-0.15, -0.1) is 0 Å². The number of aromatic carboxylic acids is 1. The van der Waals surface area contributed by atoms with E-state index in [0.29, 0.717) is 17.3 Å². The van der Waals surface area contributed by atoms with Crippen LogP contribution in [0.2, 0.25) is 0 Å². The van der Waals surface area contributed by atoms with Gasteiger partial charge in [0.25, 0.3) is 5.95 Å². The van der Waals surface area contributed by atoms with Gasteiger partial charge in [0.15, 0.2) is 0 Å². The van der Waals surface area contributed by atoms with Crippen LogP contribution in [0.25, 0.3) is 5.95 Å². The zero-order valence-electron chi connectivity index (χ0n) is 8.45. The minimum absolute atomic E-state index is 0.0292. The van der Waals surface area contributed by atoms with E-state index >= 15 is 0 Å². The molecule has 0 amide bonds. The minimum atomic E-state index is -1.07. The molecule has 82 valence electrons. The number of aromatic nitrogens is 4. The van der Waals surface area contributed by atoms with Crippen molar-refractivity contribution in [1.29, 1.82) is 0 Å². The van der Waals surface area contributed by atoms with Crippen molar-refractivity contribution in [2.24, 2.45) is 0 Å². The zero-order valence-corrected chi connectivity index (χ0v) is 8.45. The Bertz CT molecular complexity index is 531. The van der Waals surface area contributed by atoms with Crippen LogP contribution in [0.15, 0.2) is 18.6 Å². The largest absolute Gasteiger partial charge is 0.478 e. The molecule has 2 rings (SSSR count). The van der Waals surface area contributed by atoms with Crippen LogP contribution in [0.4, 0.5) is 5.69 Å². The number of nitrogens with two attached hydrogens (primary N) is 1. The molecule has 16 heavy (non-hydrogen) atoms. The second-order valence-electron chi connectivity index (χ2n) is 3.17. The molecule has 0 bridgehead atoms. The van der Waals surface area contributed by atoms with Gasteiger partial charge < -0.3 is 10.8 Å². The Morgan fingerprint density at radius 2 is 2.00 bits per heavy atom. The molecule has 2 aromatic heterocycles. The molecule has 2 heterocycles. The average Bonchev–Trinajstić information content (AvgIpc) is 2.60. The number of carbonyl (C=O) groups is 1. The van der Waals surface area contributed by atoms with E-state index in [9.17, 15) is 4.79 Å². The molecule has 2 aromatic rings. The predicted octanol–water partition coefficient (Wildman–Crippen LogP) is 0.251. The molecule has 0 saturated heterocycles. The van der Waals surface area contributed by atoms with E-state index in [-0.39, 0.29) is 5.56 Å². The molecule has 0 unspecified atom stereocenters. The summed E-state index contributed by atoms with van der Waals surface area (Å²) in [4.78, 5) is 18.4. The van der Waals surface area contributed by atoms with Crippen molar-refractivity contribution >= 4 is 11.7 Å². The van der Waals surface area contributed by atoms with Crippen LogP contribution in [0.3, 0.4) is 0 Å². The van der Waals surface area contributed by atoms with Crippen LogP contribution in [0.1, 0.15) is 16.1 Å². The van der Waals surface area contributed by atoms with Crippen LogP contribution in [-0.4, -0.2) is 30.8 Å². The second-order valence-corrected chi connectivity index (χ2v) is 3.17. The van der Waals surface area contributed by atoms with Gasteiger partial charge >= 0.3 is 5.97 Å². The number of anilines is 1. The molecular formula is C9H9N5O2. The molecule has 0 saturated carbocycles. The van der Waals surface area contributed by atoms with Crippen molar-refractivity contribution in [3.8, 4) is 5.95 Å². The lowest BCUT2D eigenvalue weighted by molar-refractivity contribution is 0.0696. The van der Waals surface area contributed by atoms with Gasteiger partial charge in [0.1, 0.15) is 0 Å². The maximum absolute atomic E-state index is 10.6. The number of nitrogen functional groups attached to an aromatic ring is 1. The maximum Gasteiger partial charge on any atom is 0.338 e. The molecule has 0 radical (unpaired) electrons. The quantitative estimate of drug-likeness (QED) is 0.749. The van der Waals surface area contributed by atoms with Crippen molar-refractivity contribution in [3.63, 3.8) is 0 Å². The summed E-state index contributed by atoms with van der Waals surface area (Å²) in [7, 11) is 0. The van der Waals surface area contributed by atoms with Crippen molar-refractivity contribution in [1.82, 2.24) is 19.7 Å². The monoisotopic (exact) mass is 219 g/mol. The SMILES string of the molecule is Cc1c(N)cnn1-c1ncc(C(=O)O)cn1. The highest BCUT2D eigenvalue weighted by atomic mass is 16.4. The Morgan fingerprint density at radius 1 is 1.38 bits per heavy atom. The van der Waals surface area contributed by atoms with Crippen molar-refractivity contribution in [2.45, 2.75) is 6.92 Å². The second kappa shape index (κ2) is 3.61. The van der Waals surface area contributed by atoms with Crippen LogP contribution < -0.4 is 5.73 Å². The lowest BCUT2D eigenvalue weighted by Gasteiger charge is -2.02. The van der Waals surface area contributed by atoms with Crippen molar-refractivity contribution in [2.75, 3.05) is 5.73 Å². The van der Waals surface area contributed by atoms with Crippen LogP contribution in [0.5, 0.6) is 0 Å². The van der Waals surface area contributed by atoms with E-state index in [1.165, 1.54) is 23.3 Å². The molecule has 0 aliphatic rings. The number of rotatable bonds is 2. The molecule has 7 heteroatoms. The molecule has 0 aliphatic carbocycles. The van der Waals surface area contributed by atoms with E-state index < -0.39 is 5.97 Å². The Morgan fingerprint density at radius 3 is 2.44 bits per heavy atom. The third-order valence-corrected chi connectivity index (χ3v) is 2.12. The minimum Gasteiger partial charge on any atom is -0.478 e. The summed E-state index contributed by atoms with van der Waals surface area (Å²) in [6.07, 6.45) is 3.94. The van der Waals surface area contributed by atoms with E-state index in [0.717, 1.165) is 0 Å². The highest BCUT2D eigenvalue weighted by Gasteiger charge is 2.09. The first-order chi connectivity index (χ1) is 7.59. The van der Waals surface area contributed by atoms with Gasteiger partial charge in [0, 0.05) is 12.4 Å². The van der Waals surface area contributed by atoms with Gasteiger partial charge in [-0.05, 0) is 6.92 Å². The Hall–Kier alpha value is -2.44. The van der Waals surface area contributed by atoms with Crippen LogP contribution in [0, 0.1) is 6.92 Å². The zero-order chi connectivity index (χ0) is 11.7. The molecule has 0 atom stereocenters. The first-order valence-corrected chi connectivity index (χ1v) is 4.45. The standard InChI is InChI=1S/C9H9N5O2/c1-5-7(10)4-13-14(5)9-11-2-6(3-12-9)8(15)16/h2-4H,10H2,1H3,(H,15,16). The number of carboxylic acid groups (broad SMARTS) is 1. The molecule has 3 N–H and O–H groups in total. The fourth-order valence-corrected chi connectivity index (χ4v) is 1.16. The van der Waals surface area contributed by atoms with Gasteiger partial charge in [-0.25, -0.2) is 19.4 Å². The van der Waals surface area contributed by atoms with E-state index in [1.807, 2.05) is 0 Å². The summed E-state index contributed by atoms with van der Waals surface area (Å²) in [5.41, 5.74) is 6.90. The first-order valence-electron chi connectivity index (χ1n) is 4.45. The number of hydrogen-bond acceptors (Lipinski definition) is 5. The molecule has 0 fully saturated rings. The van der Waals surface area contributed by atoms with Crippen LogP contribution >= 0.6 is 0 Å². The number of hydrogen-bond donors (Lipinski definition) is 2. The number of carboxylic acids is 1. The van der Waals surface area contributed by atoms with Gasteiger partial charge in [-0.2, -0.15) is 5.10 Å². The summed E-state index contributed by atoms with van der Waals surface area (Å²) in [6.45, 7) is 1.77. The Kier molecular flexibility index (Phi) is 2.28. The van der Waals surface area contributed by atoms with Gasteiger partial charge in [-0.1, -0.05) is 0 Å². The fourth-order valence-electron chi connectivity index (χ4n) is 1.16. The molecule has 0 spiro atoms. The third-order valence-electron chi connectivity index (χ3n) is 2.12. The topological polar surface area (TPSA) is 107 Å². The summed E-state index contributed by atoms with van der Waals surface area (Å²) < 4.78 is 1.45. The molecule has 0 aliphatic heterocycles. The summed E-state index contributed by atoms with van der Waals surface area (Å²) >= 11 is 0. The first kappa shape index (κ1) is 10.1. The maximum atomic E-state index is 10.6. The summed E-state index contributed by atoms with van der Waals surface area (Å²) in [6, 6.07) is 0. The summed E-state index contributed by atoms with van der Waals surface area (Å²) in [5.74, 6) is -0.776. The van der Waals surface area contributed by atoms with Gasteiger partial charge in [-0.3, -0.25) is 0 Å². The molecule has 0 aromatic carbocycles. The number of nitrogens with zero attached hydrogens (tertiary/aromatic N) is 4. The summed E-state index contributed by atoms with van der Waals surface area (Å²) in [5, 5.41) is 12.7. The third kappa shape index (κ3) is 1.58. The Labute approximate surface area is 90.6 Å². The van der Waals surface area contributed by atoms with E-state index in [4.69, 9.17) is 10.8 Å². The highest BCUT2D eigenvalue weighted by Crippen LogP contribution is 2.11. The predicted molar refractivity (Wildman–Crippen MR) is 55.3 cm³/mol. The Balaban J connectivity index is 2.42. The van der Waals surface area contributed by atoms with Crippen LogP contribution in [-0.2, 0) is 0 Å². The average molecular weight is 219 g/mol. The molecular weight excluding hydrogens is 210 g/mol. The molecule has 7 nitrogen and oxygen atoms in total. The highest BCUT2D eigenvalue weighted by molar-refractivity contribution is 5.86. The smallest absolute Gasteiger partial charge is 0.338 e. The van der Waals surface area contributed by atoms with Gasteiger partial charge in [0.2, 0.25) is 0 Å². The van der Waals surface area contributed by atoms with Crippen molar-refractivity contribution in [3.05, 3.63) is 29.8 Å². The van der Waals surface area contributed by atoms with Gasteiger partial charge in [0.05, 0.1) is 23.1 Å². The van der Waals surface area contributed by atoms with Crippen molar-refractivity contribution < 1.29 is 9.90 Å². The lowest BCUT2D eigenvalue weighted by Crippen LogP contribution is -2.07. The fraction of sp³-hybridized carbons (Fsp3) is 0.111. The van der Waals surface area contributed by atoms with E-state index in [2.05, 4.69) is 15.1 Å². The van der Waals surface area contributed by atoms with E-state index in [1.54, 1.807) is 6.92 Å². The lowest BCUT2D eigenvalue weighted by atomic mass is 10.3. The normalized spacial score (nSPS) is 10.3.